The fraction of sp³-hybridized carbons (Fsp3) is 0.400. The van der Waals surface area contributed by atoms with E-state index in [1.165, 1.54) is 13.3 Å². The molecule has 1 aromatic heterocycles. The van der Waals surface area contributed by atoms with E-state index in [9.17, 15) is 13.6 Å². The van der Waals surface area contributed by atoms with Crippen LogP contribution in [0.2, 0.25) is 0 Å². The molecule has 0 spiro atoms. The molecule has 0 saturated heterocycles. The number of nitrogens with zero attached hydrogens (tertiary/aromatic N) is 2. The van der Waals surface area contributed by atoms with E-state index in [2.05, 4.69) is 15.3 Å². The largest absolute Gasteiger partial charge is 0.469 e. The molecule has 0 radical (unpaired) electrons. The van der Waals surface area contributed by atoms with Gasteiger partial charge in [-0.15, -0.1) is 0 Å². The van der Waals surface area contributed by atoms with Crippen molar-refractivity contribution < 1.29 is 18.3 Å². The molecule has 2 aromatic rings. The first-order valence-electron chi connectivity index (χ1n) is 7.03. The smallest absolute Gasteiger partial charge is 0.308 e. The molecule has 1 fully saturated rings. The molecule has 1 aliphatic rings. The molecular formula is C15H15F2N3O2. The summed E-state index contributed by atoms with van der Waals surface area (Å²) in [6.07, 6.45) is 3.71. The first-order valence-corrected chi connectivity index (χ1v) is 7.03. The van der Waals surface area contributed by atoms with Crippen LogP contribution in [-0.2, 0) is 9.53 Å². The van der Waals surface area contributed by atoms with Crippen LogP contribution in [0.3, 0.4) is 0 Å². The van der Waals surface area contributed by atoms with Crippen LogP contribution in [0.25, 0.3) is 11.0 Å². The Bertz CT molecular complexity index is 723. The monoisotopic (exact) mass is 307 g/mol. The van der Waals surface area contributed by atoms with Gasteiger partial charge in [-0.25, -0.2) is 13.8 Å². The molecule has 5 nitrogen and oxygen atoms in total. The van der Waals surface area contributed by atoms with Crippen LogP contribution >= 0.6 is 0 Å². The van der Waals surface area contributed by atoms with Gasteiger partial charge in [-0.05, 0) is 19.3 Å². The number of carbonyl (C=O) groups is 1. The first-order chi connectivity index (χ1) is 10.6. The summed E-state index contributed by atoms with van der Waals surface area (Å²) >= 11 is 0. The van der Waals surface area contributed by atoms with Gasteiger partial charge in [0.2, 0.25) is 0 Å². The molecule has 1 saturated carbocycles. The van der Waals surface area contributed by atoms with Crippen LogP contribution in [0.15, 0.2) is 18.3 Å². The normalized spacial score (nSPS) is 21.0. The Hall–Kier alpha value is -2.31. The van der Waals surface area contributed by atoms with Crippen molar-refractivity contribution in [3.63, 3.8) is 0 Å². The maximum atomic E-state index is 13.2. The van der Waals surface area contributed by atoms with E-state index in [0.29, 0.717) is 17.8 Å². The van der Waals surface area contributed by atoms with Gasteiger partial charge in [0.15, 0.2) is 11.6 Å². The number of methoxy groups -OCH3 is 1. The van der Waals surface area contributed by atoms with Gasteiger partial charge >= 0.3 is 5.97 Å². The number of rotatable bonds is 3. The summed E-state index contributed by atoms with van der Waals surface area (Å²) in [5, 5.41) is 3.18. The van der Waals surface area contributed by atoms with Crippen molar-refractivity contribution in [2.45, 2.75) is 25.3 Å². The third-order valence-electron chi connectivity index (χ3n) is 3.90. The zero-order valence-corrected chi connectivity index (χ0v) is 12.0. The van der Waals surface area contributed by atoms with E-state index in [1.54, 1.807) is 0 Å². The second-order valence-corrected chi connectivity index (χ2v) is 5.38. The maximum absolute atomic E-state index is 13.2. The molecule has 22 heavy (non-hydrogen) atoms. The molecule has 3 rings (SSSR count). The number of hydrogen-bond acceptors (Lipinski definition) is 5. The lowest BCUT2D eigenvalue weighted by atomic mass is 10.1. The van der Waals surface area contributed by atoms with Crippen LogP contribution < -0.4 is 5.32 Å². The topological polar surface area (TPSA) is 64.1 Å². The van der Waals surface area contributed by atoms with Crippen LogP contribution in [0.5, 0.6) is 0 Å². The quantitative estimate of drug-likeness (QED) is 0.883. The molecule has 2 atom stereocenters. The molecule has 0 amide bonds. The van der Waals surface area contributed by atoms with Crippen molar-refractivity contribution >= 4 is 22.8 Å². The highest BCUT2D eigenvalue weighted by Crippen LogP contribution is 2.28. The van der Waals surface area contributed by atoms with Crippen molar-refractivity contribution in [3.8, 4) is 0 Å². The minimum atomic E-state index is -0.953. The lowest BCUT2D eigenvalue weighted by Gasteiger charge is -2.13. The number of fused-ring (bicyclic) bond motifs is 1. The zero-order chi connectivity index (χ0) is 15.7. The number of aromatic nitrogens is 2. The highest BCUT2D eigenvalue weighted by atomic mass is 19.2. The summed E-state index contributed by atoms with van der Waals surface area (Å²) in [6, 6.07) is 2.13. The highest BCUT2D eigenvalue weighted by Gasteiger charge is 2.30. The van der Waals surface area contributed by atoms with E-state index < -0.39 is 11.6 Å². The fourth-order valence-corrected chi connectivity index (χ4v) is 2.78. The number of anilines is 1. The van der Waals surface area contributed by atoms with Crippen LogP contribution in [0, 0.1) is 17.6 Å². The molecule has 1 aromatic carbocycles. The SMILES string of the molecule is COC(=O)[C@H]1CC[C@@H](Nc2cnc3cc(F)c(F)cc3n2)C1. The van der Waals surface area contributed by atoms with Gasteiger partial charge in [0, 0.05) is 18.2 Å². The zero-order valence-electron chi connectivity index (χ0n) is 12.0. The third kappa shape index (κ3) is 2.84. The standard InChI is InChI=1S/C15H15F2N3O2/c1-22-15(21)8-2-3-9(4-8)19-14-7-18-12-5-10(16)11(17)6-13(12)20-14/h5-9H,2-4H2,1H3,(H,19,20)/t8-,9+/m0/s1. The summed E-state index contributed by atoms with van der Waals surface area (Å²) in [7, 11) is 1.38. The van der Waals surface area contributed by atoms with Crippen LogP contribution in [-0.4, -0.2) is 29.1 Å². The Morgan fingerprint density at radius 3 is 2.73 bits per heavy atom. The molecule has 0 bridgehead atoms. The number of nitrogens with one attached hydrogen (secondary N) is 1. The van der Waals surface area contributed by atoms with E-state index in [0.717, 1.165) is 25.0 Å². The Kier molecular flexibility index (Phi) is 3.87. The average Bonchev–Trinajstić information content (AvgIpc) is 2.96. The average molecular weight is 307 g/mol. The molecule has 7 heteroatoms. The Morgan fingerprint density at radius 2 is 2.00 bits per heavy atom. The van der Waals surface area contributed by atoms with Crippen molar-refractivity contribution in [3.05, 3.63) is 30.0 Å². The first kappa shape index (κ1) is 14.6. The second-order valence-electron chi connectivity index (χ2n) is 5.38. The number of benzene rings is 1. The van der Waals surface area contributed by atoms with Gasteiger partial charge in [-0.1, -0.05) is 0 Å². The fourth-order valence-electron chi connectivity index (χ4n) is 2.78. The van der Waals surface area contributed by atoms with Gasteiger partial charge in [0.05, 0.1) is 30.3 Å². The number of esters is 1. The number of hydrogen-bond donors (Lipinski definition) is 1. The van der Waals surface area contributed by atoms with Crippen LogP contribution in [0.1, 0.15) is 19.3 Å². The number of halogens is 2. The molecule has 0 aliphatic heterocycles. The van der Waals surface area contributed by atoms with E-state index >= 15 is 0 Å². The van der Waals surface area contributed by atoms with Gasteiger partial charge in [-0.3, -0.25) is 9.78 Å². The minimum Gasteiger partial charge on any atom is -0.469 e. The van der Waals surface area contributed by atoms with E-state index in [4.69, 9.17) is 4.74 Å². The van der Waals surface area contributed by atoms with Gasteiger partial charge in [0.25, 0.3) is 0 Å². The predicted octanol–water partition coefficient (Wildman–Crippen LogP) is 2.66. The Labute approximate surface area is 125 Å². The molecule has 1 heterocycles. The van der Waals surface area contributed by atoms with Crippen molar-refractivity contribution in [2.75, 3.05) is 12.4 Å². The molecule has 1 aliphatic carbocycles. The lowest BCUT2D eigenvalue weighted by Crippen LogP contribution is -2.19. The highest BCUT2D eigenvalue weighted by molar-refractivity contribution is 5.76. The maximum Gasteiger partial charge on any atom is 0.308 e. The van der Waals surface area contributed by atoms with Gasteiger partial charge in [-0.2, -0.15) is 0 Å². The summed E-state index contributed by atoms with van der Waals surface area (Å²) in [6.45, 7) is 0. The van der Waals surface area contributed by atoms with Crippen molar-refractivity contribution in [1.82, 2.24) is 9.97 Å². The molecule has 116 valence electrons. The summed E-state index contributed by atoms with van der Waals surface area (Å²) in [4.78, 5) is 19.8. The van der Waals surface area contributed by atoms with Crippen LogP contribution in [0.4, 0.5) is 14.6 Å². The van der Waals surface area contributed by atoms with Crippen molar-refractivity contribution in [1.29, 1.82) is 0 Å². The Morgan fingerprint density at radius 1 is 1.27 bits per heavy atom. The Balaban J connectivity index is 1.75. The third-order valence-corrected chi connectivity index (χ3v) is 3.90. The second kappa shape index (κ2) is 5.82. The molecular weight excluding hydrogens is 292 g/mol. The van der Waals surface area contributed by atoms with E-state index in [1.807, 2.05) is 0 Å². The molecule has 0 unspecified atom stereocenters. The number of ether oxygens (including phenoxy) is 1. The lowest BCUT2D eigenvalue weighted by molar-refractivity contribution is -0.145. The van der Waals surface area contributed by atoms with E-state index in [-0.39, 0.29) is 23.4 Å². The molecule has 1 N–H and O–H groups in total. The van der Waals surface area contributed by atoms with Crippen molar-refractivity contribution in [2.24, 2.45) is 5.92 Å². The van der Waals surface area contributed by atoms with Gasteiger partial charge in [0.1, 0.15) is 5.82 Å². The number of carbonyl (C=O) groups excluding carboxylic acids is 1. The minimum absolute atomic E-state index is 0.0844. The summed E-state index contributed by atoms with van der Waals surface area (Å²) in [5.74, 6) is -1.73. The predicted molar refractivity (Wildman–Crippen MR) is 76.2 cm³/mol. The summed E-state index contributed by atoms with van der Waals surface area (Å²) < 4.78 is 31.1. The van der Waals surface area contributed by atoms with Gasteiger partial charge < -0.3 is 10.1 Å². The summed E-state index contributed by atoms with van der Waals surface area (Å²) in [5.41, 5.74) is 0.578.